The Bertz CT molecular complexity index is 618. The number of benzene rings is 1. The second kappa shape index (κ2) is 4.40. The average Bonchev–Trinajstić information content (AvgIpc) is 2.69. The van der Waals surface area contributed by atoms with Crippen LogP contribution in [-0.2, 0) is 4.79 Å². The Balaban J connectivity index is 2.36. The summed E-state index contributed by atoms with van der Waals surface area (Å²) < 4.78 is 0. The third-order valence-electron chi connectivity index (χ3n) is 2.68. The Morgan fingerprint density at radius 2 is 2.11 bits per heavy atom. The lowest BCUT2D eigenvalue weighted by molar-refractivity contribution is -0.118. The van der Waals surface area contributed by atoms with E-state index in [0.29, 0.717) is 11.3 Å². The van der Waals surface area contributed by atoms with E-state index in [1.807, 2.05) is 0 Å². The maximum Gasteiger partial charge on any atom is 0.256 e. The minimum absolute atomic E-state index is 0.111. The van der Waals surface area contributed by atoms with Gasteiger partial charge in [0.1, 0.15) is 0 Å². The summed E-state index contributed by atoms with van der Waals surface area (Å²) in [6, 6.07) is 5.24. The van der Waals surface area contributed by atoms with Crippen molar-refractivity contribution in [2.45, 2.75) is 0 Å². The molecule has 1 heterocycles. The third kappa shape index (κ3) is 2.13. The van der Waals surface area contributed by atoms with Crippen molar-refractivity contribution < 1.29 is 9.59 Å². The van der Waals surface area contributed by atoms with Gasteiger partial charge in [0.2, 0.25) is 5.91 Å². The lowest BCUT2D eigenvalue weighted by Crippen LogP contribution is -2.35. The number of nitrogens with two attached hydrogens (primary N) is 2. The van der Waals surface area contributed by atoms with Gasteiger partial charge in [0.25, 0.3) is 5.91 Å². The molecule has 0 saturated heterocycles. The number of fused-ring (bicyclic) bond motifs is 1. The normalized spacial score (nSPS) is 10.5. The monoisotopic (exact) mass is 246 g/mol. The van der Waals surface area contributed by atoms with Crippen molar-refractivity contribution in [3.05, 3.63) is 30.0 Å². The van der Waals surface area contributed by atoms with Crippen LogP contribution in [0.5, 0.6) is 0 Å². The molecule has 1 aromatic carbocycles. The van der Waals surface area contributed by atoms with Crippen molar-refractivity contribution in [3.63, 3.8) is 0 Å². The fraction of sp³-hybridized carbons (Fsp3) is 0.167. The summed E-state index contributed by atoms with van der Waals surface area (Å²) in [6.07, 6.45) is 1.60. The van der Waals surface area contributed by atoms with E-state index in [1.165, 1.54) is 11.9 Å². The van der Waals surface area contributed by atoms with Crippen LogP contribution in [0.3, 0.4) is 0 Å². The van der Waals surface area contributed by atoms with E-state index in [0.717, 1.165) is 10.9 Å². The molecule has 6 nitrogen and oxygen atoms in total. The first kappa shape index (κ1) is 12.0. The number of carbonyl (C=O) groups is 2. The lowest BCUT2D eigenvalue weighted by atomic mass is 10.1. The molecule has 0 saturated carbocycles. The highest BCUT2D eigenvalue weighted by molar-refractivity contribution is 6.07. The van der Waals surface area contributed by atoms with Gasteiger partial charge in [-0.05, 0) is 18.2 Å². The van der Waals surface area contributed by atoms with Gasteiger partial charge >= 0.3 is 0 Å². The minimum Gasteiger partial charge on any atom is -0.399 e. The number of aromatic amines is 1. The highest BCUT2D eigenvalue weighted by Crippen LogP contribution is 2.21. The Kier molecular flexibility index (Phi) is 2.93. The number of hydrogen-bond acceptors (Lipinski definition) is 3. The molecule has 0 bridgehead atoms. The van der Waals surface area contributed by atoms with Crippen LogP contribution >= 0.6 is 0 Å². The predicted octanol–water partition coefficient (Wildman–Crippen LogP) is 0.307. The molecule has 1 aromatic heterocycles. The number of H-pyrrole nitrogens is 1. The van der Waals surface area contributed by atoms with Gasteiger partial charge in [-0.1, -0.05) is 0 Å². The smallest absolute Gasteiger partial charge is 0.256 e. The molecule has 6 heteroatoms. The minimum atomic E-state index is -0.546. The summed E-state index contributed by atoms with van der Waals surface area (Å²) in [5, 5.41) is 0.769. The molecule has 5 N–H and O–H groups in total. The zero-order valence-corrected chi connectivity index (χ0v) is 9.93. The summed E-state index contributed by atoms with van der Waals surface area (Å²) in [7, 11) is 1.53. The van der Waals surface area contributed by atoms with Crippen molar-refractivity contribution in [2.24, 2.45) is 5.73 Å². The molecule has 18 heavy (non-hydrogen) atoms. The molecule has 94 valence electrons. The molecule has 2 amide bonds. The van der Waals surface area contributed by atoms with Gasteiger partial charge in [-0.3, -0.25) is 9.59 Å². The van der Waals surface area contributed by atoms with Gasteiger partial charge in [-0.25, -0.2) is 0 Å². The number of nitrogens with one attached hydrogen (secondary N) is 1. The van der Waals surface area contributed by atoms with Crippen molar-refractivity contribution in [2.75, 3.05) is 19.3 Å². The molecular formula is C12H14N4O2. The van der Waals surface area contributed by atoms with Crippen LogP contribution in [0.15, 0.2) is 24.4 Å². The van der Waals surface area contributed by atoms with Gasteiger partial charge in [-0.2, -0.15) is 0 Å². The molecule has 0 aliphatic rings. The number of primary amides is 1. The number of aromatic nitrogens is 1. The first-order chi connectivity index (χ1) is 8.49. The van der Waals surface area contributed by atoms with E-state index in [1.54, 1.807) is 24.4 Å². The second-order valence-corrected chi connectivity index (χ2v) is 4.13. The molecule has 0 atom stereocenters. The molecular weight excluding hydrogens is 232 g/mol. The Hall–Kier alpha value is -2.50. The number of rotatable bonds is 3. The first-order valence-corrected chi connectivity index (χ1v) is 5.39. The largest absolute Gasteiger partial charge is 0.399 e. The molecule has 0 fully saturated rings. The molecule has 0 aliphatic carbocycles. The van der Waals surface area contributed by atoms with Gasteiger partial charge in [0, 0.05) is 29.8 Å². The summed E-state index contributed by atoms with van der Waals surface area (Å²) in [5.41, 5.74) is 12.6. The summed E-state index contributed by atoms with van der Waals surface area (Å²) in [5.74, 6) is -0.806. The van der Waals surface area contributed by atoms with Crippen molar-refractivity contribution in [1.29, 1.82) is 0 Å². The van der Waals surface area contributed by atoms with E-state index >= 15 is 0 Å². The Morgan fingerprint density at radius 3 is 2.78 bits per heavy atom. The first-order valence-electron chi connectivity index (χ1n) is 5.39. The van der Waals surface area contributed by atoms with Crippen LogP contribution < -0.4 is 11.5 Å². The maximum atomic E-state index is 12.1. The summed E-state index contributed by atoms with van der Waals surface area (Å²) in [6.45, 7) is -0.111. The molecule has 2 aromatic rings. The van der Waals surface area contributed by atoms with Gasteiger partial charge in [0.05, 0.1) is 12.1 Å². The van der Waals surface area contributed by atoms with E-state index in [4.69, 9.17) is 11.5 Å². The molecule has 0 radical (unpaired) electrons. The second-order valence-electron chi connectivity index (χ2n) is 4.13. The number of nitrogens with zero attached hydrogens (tertiary/aromatic N) is 1. The Labute approximate surface area is 104 Å². The fourth-order valence-electron chi connectivity index (χ4n) is 1.83. The molecule has 0 unspecified atom stereocenters. The number of likely N-dealkylation sites (N-methyl/N-ethyl adjacent to an activating group) is 1. The van der Waals surface area contributed by atoms with Crippen LogP contribution in [0.4, 0.5) is 5.69 Å². The van der Waals surface area contributed by atoms with Crippen LogP contribution in [0.1, 0.15) is 10.4 Å². The van der Waals surface area contributed by atoms with Crippen LogP contribution in [-0.4, -0.2) is 35.3 Å². The SMILES string of the molecule is CN(CC(N)=O)C(=O)c1c[nH]c2cc(N)ccc12. The topological polar surface area (TPSA) is 105 Å². The van der Waals surface area contributed by atoms with E-state index in [2.05, 4.69) is 4.98 Å². The summed E-state index contributed by atoms with van der Waals surface area (Å²) >= 11 is 0. The highest BCUT2D eigenvalue weighted by atomic mass is 16.2. The van der Waals surface area contributed by atoms with E-state index < -0.39 is 5.91 Å². The Morgan fingerprint density at radius 1 is 1.39 bits per heavy atom. The highest BCUT2D eigenvalue weighted by Gasteiger charge is 2.17. The van der Waals surface area contributed by atoms with Crippen molar-refractivity contribution in [3.8, 4) is 0 Å². The average molecular weight is 246 g/mol. The zero-order chi connectivity index (χ0) is 13.3. The van der Waals surface area contributed by atoms with Crippen molar-refractivity contribution in [1.82, 2.24) is 9.88 Å². The number of hydrogen-bond donors (Lipinski definition) is 3. The zero-order valence-electron chi connectivity index (χ0n) is 9.93. The quantitative estimate of drug-likeness (QED) is 0.678. The molecule has 0 spiro atoms. The van der Waals surface area contributed by atoms with Crippen LogP contribution in [0.2, 0.25) is 0 Å². The van der Waals surface area contributed by atoms with E-state index in [-0.39, 0.29) is 12.5 Å². The van der Waals surface area contributed by atoms with Crippen LogP contribution in [0, 0.1) is 0 Å². The van der Waals surface area contributed by atoms with Gasteiger partial charge in [0.15, 0.2) is 0 Å². The number of nitrogen functional groups attached to an aromatic ring is 1. The summed E-state index contributed by atoms with van der Waals surface area (Å²) in [4.78, 5) is 27.2. The number of amides is 2. The molecule has 2 rings (SSSR count). The molecule has 0 aliphatic heterocycles. The fourth-order valence-corrected chi connectivity index (χ4v) is 1.83. The van der Waals surface area contributed by atoms with Crippen LogP contribution in [0.25, 0.3) is 10.9 Å². The number of carbonyl (C=O) groups excluding carboxylic acids is 2. The number of anilines is 1. The van der Waals surface area contributed by atoms with Gasteiger partial charge in [-0.15, -0.1) is 0 Å². The standard InChI is InChI=1S/C12H14N4O2/c1-16(6-11(14)17)12(18)9-5-15-10-4-7(13)2-3-8(9)10/h2-5,15H,6,13H2,1H3,(H2,14,17). The van der Waals surface area contributed by atoms with E-state index in [9.17, 15) is 9.59 Å². The lowest BCUT2D eigenvalue weighted by Gasteiger charge is -2.14. The van der Waals surface area contributed by atoms with Gasteiger partial charge < -0.3 is 21.4 Å². The predicted molar refractivity (Wildman–Crippen MR) is 68.9 cm³/mol. The third-order valence-corrected chi connectivity index (χ3v) is 2.68. The van der Waals surface area contributed by atoms with Crippen molar-refractivity contribution >= 4 is 28.4 Å². The maximum absolute atomic E-state index is 12.1.